The molecule has 1 aliphatic rings. The molecule has 2 aromatic carbocycles. The predicted molar refractivity (Wildman–Crippen MR) is 129 cm³/mol. The summed E-state index contributed by atoms with van der Waals surface area (Å²) >= 11 is 2.05. The van der Waals surface area contributed by atoms with Crippen LogP contribution in [0.2, 0.25) is 0 Å². The van der Waals surface area contributed by atoms with Gasteiger partial charge in [0, 0.05) is 70.2 Å². The smallest absolute Gasteiger partial charge is 0.391 e. The first-order chi connectivity index (χ1) is 17.5. The van der Waals surface area contributed by atoms with Crippen LogP contribution < -0.4 is 9.46 Å². The van der Waals surface area contributed by atoms with Crippen LogP contribution in [0.15, 0.2) is 34.7 Å². The van der Waals surface area contributed by atoms with Gasteiger partial charge in [0.05, 0.1) is 29.8 Å². The number of alkyl halides is 3. The fraction of sp³-hybridized carbons (Fsp3) is 0.333. The number of aromatic carboxylic acids is 1. The third kappa shape index (κ3) is 6.71. The Labute approximate surface area is 256 Å². The van der Waals surface area contributed by atoms with Crippen LogP contribution >= 0.6 is 23.3 Å². The molecule has 0 atom stereocenters. The molecule has 1 fully saturated rings. The molecule has 14 heteroatoms. The minimum absolute atomic E-state index is 0. The van der Waals surface area contributed by atoms with Gasteiger partial charge in [-0.05, 0) is 43.7 Å². The fourth-order valence-electron chi connectivity index (χ4n) is 4.31. The maximum Gasteiger partial charge on any atom is 0.391 e. The molecule has 0 spiro atoms. The monoisotopic (exact) mass is 701 g/mol. The van der Waals surface area contributed by atoms with Gasteiger partial charge in [-0.3, -0.25) is 0 Å². The van der Waals surface area contributed by atoms with E-state index in [1.807, 2.05) is 0 Å². The van der Waals surface area contributed by atoms with Gasteiger partial charge in [0.2, 0.25) is 0 Å². The van der Waals surface area contributed by atoms with E-state index in [2.05, 4.69) is 9.71 Å². The van der Waals surface area contributed by atoms with Crippen molar-refractivity contribution in [1.29, 1.82) is 0 Å². The number of halogens is 5. The second-order valence-electron chi connectivity index (χ2n) is 8.49. The van der Waals surface area contributed by atoms with Gasteiger partial charge in [0.25, 0.3) is 0 Å². The van der Waals surface area contributed by atoms with Gasteiger partial charge in [-0.2, -0.15) is 13.2 Å². The van der Waals surface area contributed by atoms with Crippen LogP contribution in [0.25, 0.3) is 10.6 Å². The van der Waals surface area contributed by atoms with Crippen LogP contribution in [0.4, 0.5) is 27.6 Å². The molecule has 6 nitrogen and oxygen atoms in total. The number of methoxy groups -OCH3 is 1. The van der Waals surface area contributed by atoms with Crippen LogP contribution in [0.3, 0.4) is 0 Å². The van der Waals surface area contributed by atoms with Crippen LogP contribution in [0.5, 0.6) is 11.5 Å². The largest absolute Gasteiger partial charge is 0.505 e. The van der Waals surface area contributed by atoms with E-state index < -0.39 is 41.0 Å². The van der Waals surface area contributed by atoms with Gasteiger partial charge in [-0.25, -0.2) is 18.6 Å². The molecule has 0 unspecified atom stereocenters. The van der Waals surface area contributed by atoms with E-state index in [-0.39, 0.29) is 100 Å². The van der Waals surface area contributed by atoms with Crippen molar-refractivity contribution in [2.75, 3.05) is 11.8 Å². The van der Waals surface area contributed by atoms with E-state index in [1.54, 1.807) is 5.38 Å². The zero-order valence-corrected chi connectivity index (χ0v) is 25.1. The van der Waals surface area contributed by atoms with E-state index >= 15 is 4.39 Å². The number of aromatic hydroxyl groups is 1. The third-order valence-electron chi connectivity index (χ3n) is 6.28. The Morgan fingerprint density at radius 2 is 1.87 bits per heavy atom. The number of carbonyl (C=O) groups is 1. The molecular weight excluding hydrogens is 680 g/mol. The molecule has 1 radical (unpaired) electrons. The Balaban J connectivity index is 0.00000400. The van der Waals surface area contributed by atoms with Gasteiger partial charge in [0.15, 0.2) is 11.6 Å². The number of nitrogens with one attached hydrogen (secondary N) is 1. The van der Waals surface area contributed by atoms with E-state index in [9.17, 15) is 27.5 Å². The van der Waals surface area contributed by atoms with Crippen LogP contribution in [-0.2, 0) is 0 Å². The number of carboxylic acids is 1. The number of phenolic OH excluding ortho intramolecular Hbond substituents is 1. The molecule has 3 aromatic rings. The average Bonchev–Trinajstić information content (AvgIpc) is 3.32. The SMILES string of the molecule is COc1cc(C(=O)O)c(F)cc1NSc1csc(-c2ccc(C3CCC(C(F)(F)F)CC3)c(O)c2F)n1.[Pr]. The van der Waals surface area contributed by atoms with Crippen molar-refractivity contribution in [3.63, 3.8) is 0 Å². The summed E-state index contributed by atoms with van der Waals surface area (Å²) in [6.07, 6.45) is -3.97. The summed E-state index contributed by atoms with van der Waals surface area (Å²) in [7, 11) is 1.30. The molecule has 1 aromatic heterocycles. The second kappa shape index (κ2) is 12.7. The Bertz CT molecular complexity index is 1310. The average molecular weight is 701 g/mol. The van der Waals surface area contributed by atoms with Crippen LogP contribution in [0.1, 0.15) is 47.5 Å². The number of thiazole rings is 1. The van der Waals surface area contributed by atoms with Crippen LogP contribution in [-0.4, -0.2) is 34.5 Å². The zero-order chi connectivity index (χ0) is 26.9. The van der Waals surface area contributed by atoms with Gasteiger partial charge >= 0.3 is 12.1 Å². The van der Waals surface area contributed by atoms with Crippen molar-refractivity contribution < 1.29 is 83.0 Å². The van der Waals surface area contributed by atoms with Crippen LogP contribution in [0, 0.1) is 58.8 Å². The number of hydrogen-bond acceptors (Lipinski definition) is 7. The quantitative estimate of drug-likeness (QED) is 0.174. The Hall–Kier alpha value is -1.70. The first-order valence-electron chi connectivity index (χ1n) is 11.1. The molecule has 0 bridgehead atoms. The minimum Gasteiger partial charge on any atom is -0.505 e. The molecule has 1 saturated carbocycles. The summed E-state index contributed by atoms with van der Waals surface area (Å²) in [5.41, 5.74) is -0.0569. The molecule has 38 heavy (non-hydrogen) atoms. The van der Waals surface area contributed by atoms with Crippen molar-refractivity contribution in [3.8, 4) is 22.1 Å². The normalized spacial score (nSPS) is 17.5. The Kier molecular flexibility index (Phi) is 10.3. The van der Waals surface area contributed by atoms with Gasteiger partial charge < -0.3 is 19.7 Å². The molecule has 1 heterocycles. The van der Waals surface area contributed by atoms with Crippen molar-refractivity contribution in [1.82, 2.24) is 4.98 Å². The number of ether oxygens (including phenoxy) is 1. The van der Waals surface area contributed by atoms with Crippen molar-refractivity contribution in [2.45, 2.75) is 42.8 Å². The predicted octanol–water partition coefficient (Wildman–Crippen LogP) is 7.46. The van der Waals surface area contributed by atoms with Gasteiger partial charge in [-0.15, -0.1) is 11.3 Å². The summed E-state index contributed by atoms with van der Waals surface area (Å²) in [4.78, 5) is 15.4. The molecule has 4 rings (SSSR count). The number of rotatable bonds is 7. The summed E-state index contributed by atoms with van der Waals surface area (Å²) in [5, 5.41) is 21.8. The summed E-state index contributed by atoms with van der Waals surface area (Å²) in [5.74, 6) is -5.53. The second-order valence-corrected chi connectivity index (χ2v) is 10.2. The Morgan fingerprint density at radius 3 is 2.47 bits per heavy atom. The topological polar surface area (TPSA) is 91.7 Å². The number of benzene rings is 2. The number of carboxylic acid groups (broad SMARTS) is 1. The Morgan fingerprint density at radius 1 is 1.18 bits per heavy atom. The molecule has 0 amide bonds. The molecule has 0 saturated heterocycles. The number of nitrogens with zero attached hydrogens (tertiary/aromatic N) is 1. The number of anilines is 1. The van der Waals surface area contributed by atoms with Gasteiger partial charge in [0.1, 0.15) is 21.6 Å². The number of hydrogen-bond donors (Lipinski definition) is 3. The first-order valence-corrected chi connectivity index (χ1v) is 12.8. The standard InChI is InChI=1S/C24H21F5N2O4S2.Pr/c1-35-18-8-15(23(33)34)16(25)9-17(18)31-37-19-10-36-22(30-19)14-7-6-13(21(32)20(14)26)11-2-4-12(5-3-11)24(27,28)29;/h6-12,31-32H,2-5H2,1H3,(H,33,34);. The molecule has 3 N–H and O–H groups in total. The van der Waals surface area contributed by atoms with Gasteiger partial charge in [-0.1, -0.05) is 6.07 Å². The third-order valence-corrected chi connectivity index (χ3v) is 8.04. The van der Waals surface area contributed by atoms with E-state index in [1.165, 1.54) is 19.2 Å². The number of phenols is 1. The fourth-order valence-corrected chi connectivity index (χ4v) is 5.91. The summed E-state index contributed by atoms with van der Waals surface area (Å²) < 4.78 is 75.9. The minimum atomic E-state index is -4.25. The number of aromatic nitrogens is 1. The maximum atomic E-state index is 15.1. The van der Waals surface area contributed by atoms with E-state index in [0.29, 0.717) is 5.03 Å². The van der Waals surface area contributed by atoms with E-state index in [0.717, 1.165) is 35.4 Å². The van der Waals surface area contributed by atoms with Crippen molar-refractivity contribution >= 4 is 34.9 Å². The summed E-state index contributed by atoms with van der Waals surface area (Å²) in [6, 6.07) is 4.99. The molecule has 201 valence electrons. The van der Waals surface area contributed by atoms with E-state index in [4.69, 9.17) is 9.84 Å². The van der Waals surface area contributed by atoms with Crippen molar-refractivity contribution in [3.05, 3.63) is 52.4 Å². The van der Waals surface area contributed by atoms with Crippen molar-refractivity contribution in [2.24, 2.45) is 5.92 Å². The molecular formula is C24H21F5N2O4PrS2. The zero-order valence-electron chi connectivity index (χ0n) is 19.8. The molecule has 0 aliphatic heterocycles. The summed E-state index contributed by atoms with van der Waals surface area (Å²) in [6.45, 7) is 0. The maximum absolute atomic E-state index is 15.1. The first kappa shape index (κ1) is 30.8. The molecule has 1 aliphatic carbocycles.